The molecule has 0 N–H and O–H groups in total. The fraction of sp³-hybridized carbons (Fsp3) is 0.185. The third-order valence-corrected chi connectivity index (χ3v) is 10.2. The first-order valence-electron chi connectivity index (χ1n) is 10.3. The molecule has 3 heterocycles. The van der Waals surface area contributed by atoms with E-state index in [1.165, 1.54) is 52.2 Å². The molecule has 2 aromatic heterocycles. The third-order valence-electron chi connectivity index (χ3n) is 6.73. The smallest absolute Gasteiger partial charge is 0.0857 e. The number of benzene rings is 2. The molecule has 4 aromatic rings. The molecule has 2 aromatic carbocycles. The molecule has 0 bridgehead atoms. The largest absolute Gasteiger partial charge is 0.139 e. The summed E-state index contributed by atoms with van der Waals surface area (Å²) < 4.78 is 2.75. The van der Waals surface area contributed by atoms with Gasteiger partial charge in [-0.05, 0) is 89.1 Å². The SMILES string of the molecule is CC1=CSCC2=C1C(c1cc3ccccc3s1)(c1cc3ccccc3s1)C(C)=C2C. The van der Waals surface area contributed by atoms with Crippen LogP contribution in [0.2, 0.25) is 0 Å². The number of hydrogen-bond acceptors (Lipinski definition) is 3. The molecule has 148 valence electrons. The van der Waals surface area contributed by atoms with Gasteiger partial charge in [-0.15, -0.1) is 34.4 Å². The van der Waals surface area contributed by atoms with Gasteiger partial charge in [-0.25, -0.2) is 0 Å². The molecule has 0 spiro atoms. The highest BCUT2D eigenvalue weighted by Crippen LogP contribution is 2.60. The van der Waals surface area contributed by atoms with Crippen molar-refractivity contribution in [2.24, 2.45) is 0 Å². The lowest BCUT2D eigenvalue weighted by Crippen LogP contribution is -2.29. The average molecular weight is 443 g/mol. The Morgan fingerprint density at radius 3 is 1.90 bits per heavy atom. The lowest BCUT2D eigenvalue weighted by atomic mass is 9.71. The molecule has 6 rings (SSSR count). The van der Waals surface area contributed by atoms with Crippen molar-refractivity contribution in [3.05, 3.63) is 104 Å². The number of thioether (sulfide) groups is 1. The second-order valence-electron chi connectivity index (χ2n) is 8.26. The van der Waals surface area contributed by atoms with Gasteiger partial charge in [0.05, 0.1) is 5.41 Å². The van der Waals surface area contributed by atoms with Crippen LogP contribution in [-0.4, -0.2) is 5.75 Å². The van der Waals surface area contributed by atoms with Gasteiger partial charge in [0.2, 0.25) is 0 Å². The summed E-state index contributed by atoms with van der Waals surface area (Å²) in [4.78, 5) is 2.91. The Morgan fingerprint density at radius 1 is 0.767 bits per heavy atom. The molecule has 2 aliphatic rings. The first kappa shape index (κ1) is 18.7. The summed E-state index contributed by atoms with van der Waals surface area (Å²) in [6.45, 7) is 7.02. The van der Waals surface area contributed by atoms with Crippen LogP contribution in [0.5, 0.6) is 0 Å². The van der Waals surface area contributed by atoms with Crippen LogP contribution < -0.4 is 0 Å². The van der Waals surface area contributed by atoms with E-state index in [-0.39, 0.29) is 5.41 Å². The molecule has 0 saturated heterocycles. The van der Waals surface area contributed by atoms with Crippen LogP contribution in [0, 0.1) is 0 Å². The topological polar surface area (TPSA) is 0 Å². The van der Waals surface area contributed by atoms with Gasteiger partial charge in [0.1, 0.15) is 0 Å². The minimum absolute atomic E-state index is 0.172. The normalized spacial score (nSPS) is 18.4. The molecule has 0 radical (unpaired) electrons. The zero-order valence-corrected chi connectivity index (χ0v) is 19.7. The zero-order valence-electron chi connectivity index (χ0n) is 17.3. The number of fused-ring (bicyclic) bond motifs is 2. The number of allylic oxidation sites excluding steroid dienone is 4. The molecule has 1 aliphatic carbocycles. The summed E-state index contributed by atoms with van der Waals surface area (Å²) in [5.41, 5.74) is 7.32. The van der Waals surface area contributed by atoms with Crippen LogP contribution in [0.4, 0.5) is 0 Å². The van der Waals surface area contributed by atoms with Gasteiger partial charge in [-0.3, -0.25) is 0 Å². The van der Waals surface area contributed by atoms with Crippen molar-refractivity contribution < 1.29 is 0 Å². The molecule has 0 amide bonds. The Morgan fingerprint density at radius 2 is 1.33 bits per heavy atom. The zero-order chi connectivity index (χ0) is 20.5. The van der Waals surface area contributed by atoms with Crippen molar-refractivity contribution >= 4 is 54.6 Å². The van der Waals surface area contributed by atoms with E-state index in [2.05, 4.69) is 86.8 Å². The van der Waals surface area contributed by atoms with Crippen molar-refractivity contribution in [3.63, 3.8) is 0 Å². The molecule has 0 unspecified atom stereocenters. The molecular formula is C27H22S3. The lowest BCUT2D eigenvalue weighted by Gasteiger charge is -2.35. The summed E-state index contributed by atoms with van der Waals surface area (Å²) in [7, 11) is 0. The Labute approximate surface area is 189 Å². The standard InChI is InChI=1S/C27H22S3/c1-16-14-28-15-21-17(2)18(3)27(26(16)21,24-12-19-8-4-6-10-22(19)29-24)25-13-20-9-5-7-11-23(20)30-25/h4-14H,15H2,1-3H3. The predicted octanol–water partition coefficient (Wildman–Crippen LogP) is 8.70. The average Bonchev–Trinajstić information content (AvgIpc) is 3.43. The molecular weight excluding hydrogens is 420 g/mol. The van der Waals surface area contributed by atoms with Crippen molar-refractivity contribution in [1.82, 2.24) is 0 Å². The van der Waals surface area contributed by atoms with E-state index in [4.69, 9.17) is 0 Å². The fourth-order valence-electron chi connectivity index (χ4n) is 5.20. The highest BCUT2D eigenvalue weighted by Gasteiger charge is 2.49. The van der Waals surface area contributed by atoms with E-state index in [0.29, 0.717) is 0 Å². The number of hydrogen-bond donors (Lipinski definition) is 0. The summed E-state index contributed by atoms with van der Waals surface area (Å²) >= 11 is 5.87. The van der Waals surface area contributed by atoms with Gasteiger partial charge in [0, 0.05) is 24.9 Å². The maximum absolute atomic E-state index is 2.45. The van der Waals surface area contributed by atoms with Crippen LogP contribution in [0.25, 0.3) is 20.2 Å². The minimum Gasteiger partial charge on any atom is -0.139 e. The second kappa shape index (κ2) is 6.71. The molecule has 30 heavy (non-hydrogen) atoms. The summed E-state index contributed by atoms with van der Waals surface area (Å²) in [6.07, 6.45) is 0. The first-order chi connectivity index (χ1) is 14.6. The van der Waals surface area contributed by atoms with E-state index in [0.717, 1.165) is 5.75 Å². The van der Waals surface area contributed by atoms with Crippen LogP contribution >= 0.6 is 34.4 Å². The highest BCUT2D eigenvalue weighted by atomic mass is 32.2. The molecule has 1 aliphatic heterocycles. The molecule has 0 saturated carbocycles. The monoisotopic (exact) mass is 442 g/mol. The van der Waals surface area contributed by atoms with Crippen molar-refractivity contribution in [1.29, 1.82) is 0 Å². The summed E-state index contributed by atoms with van der Waals surface area (Å²) in [5.74, 6) is 1.08. The van der Waals surface area contributed by atoms with Gasteiger partial charge in [0.25, 0.3) is 0 Å². The molecule has 0 nitrogen and oxygen atoms in total. The maximum Gasteiger partial charge on any atom is 0.0857 e. The third kappa shape index (κ3) is 2.40. The first-order valence-corrected chi connectivity index (χ1v) is 13.0. The number of rotatable bonds is 2. The lowest BCUT2D eigenvalue weighted by molar-refractivity contribution is 0.758. The molecule has 3 heteroatoms. The van der Waals surface area contributed by atoms with Gasteiger partial charge < -0.3 is 0 Å². The maximum atomic E-state index is 2.45. The van der Waals surface area contributed by atoms with Crippen molar-refractivity contribution in [2.75, 3.05) is 5.75 Å². The quantitative estimate of drug-likeness (QED) is 0.299. The molecule has 0 fully saturated rings. The highest BCUT2D eigenvalue weighted by molar-refractivity contribution is 8.02. The molecule has 0 atom stereocenters. The van der Waals surface area contributed by atoms with Gasteiger partial charge in [0.15, 0.2) is 0 Å². The van der Waals surface area contributed by atoms with Crippen LogP contribution in [0.1, 0.15) is 30.5 Å². The second-order valence-corrected chi connectivity index (χ2v) is 11.3. The van der Waals surface area contributed by atoms with Gasteiger partial charge in [-0.2, -0.15) is 0 Å². The fourth-order valence-corrected chi connectivity index (χ4v) is 8.91. The Balaban J connectivity index is 1.75. The van der Waals surface area contributed by atoms with E-state index in [1.807, 2.05) is 34.4 Å². The van der Waals surface area contributed by atoms with E-state index in [9.17, 15) is 0 Å². The van der Waals surface area contributed by atoms with Crippen LogP contribution in [-0.2, 0) is 5.41 Å². The van der Waals surface area contributed by atoms with Crippen molar-refractivity contribution in [2.45, 2.75) is 26.2 Å². The van der Waals surface area contributed by atoms with E-state index >= 15 is 0 Å². The van der Waals surface area contributed by atoms with E-state index < -0.39 is 0 Å². The van der Waals surface area contributed by atoms with Crippen LogP contribution in [0.3, 0.4) is 0 Å². The van der Waals surface area contributed by atoms with Gasteiger partial charge in [-0.1, -0.05) is 36.4 Å². The number of thiophene rings is 2. The van der Waals surface area contributed by atoms with Crippen molar-refractivity contribution in [3.8, 4) is 0 Å². The Hall–Kier alpha value is -2.07. The Kier molecular flexibility index (Phi) is 4.18. The summed E-state index contributed by atoms with van der Waals surface area (Å²) in [6, 6.07) is 22.6. The predicted molar refractivity (Wildman–Crippen MR) is 136 cm³/mol. The van der Waals surface area contributed by atoms with Gasteiger partial charge >= 0.3 is 0 Å². The van der Waals surface area contributed by atoms with E-state index in [1.54, 1.807) is 5.57 Å². The van der Waals surface area contributed by atoms with Crippen LogP contribution in [0.15, 0.2) is 93.9 Å². The minimum atomic E-state index is -0.172. The summed E-state index contributed by atoms with van der Waals surface area (Å²) in [5, 5.41) is 5.08. The Bertz CT molecular complexity index is 1280.